The Balaban J connectivity index is -0.0000000800. The van der Waals surface area contributed by atoms with Gasteiger partial charge in [0.15, 0.2) is 0 Å². The van der Waals surface area contributed by atoms with Crippen LogP contribution in [0.2, 0.25) is 0 Å². The van der Waals surface area contributed by atoms with E-state index in [1.807, 2.05) is 36.4 Å². The Kier molecular flexibility index (Phi) is 8.41. The molecule has 2 heteroatoms. The molecule has 1 aromatic rings. The van der Waals surface area contributed by atoms with Crippen LogP contribution in [0.3, 0.4) is 0 Å². The average molecular weight is 148 g/mol. The molecule has 0 aliphatic rings. The molecule has 0 aliphatic carbocycles. The summed E-state index contributed by atoms with van der Waals surface area (Å²) in [5.74, 6) is 0. The topological polar surface area (TPSA) is 31.5 Å². The second kappa shape index (κ2) is 6.80. The van der Waals surface area contributed by atoms with E-state index >= 15 is 0 Å². The first-order valence-electron chi connectivity index (χ1n) is 2.61. The Morgan fingerprint density at radius 2 is 1.70 bits per heavy atom. The fraction of sp³-hybridized carbons (Fsp3) is 0. The van der Waals surface area contributed by atoms with Crippen LogP contribution < -0.4 is 0 Å². The van der Waals surface area contributed by atoms with Gasteiger partial charge in [0.05, 0.1) is 0 Å². The quantitative estimate of drug-likeness (QED) is 0.539. The summed E-state index contributed by atoms with van der Waals surface area (Å²) in [7, 11) is 0. The van der Waals surface area contributed by atoms with Gasteiger partial charge in [-0.05, 0) is 5.56 Å². The van der Waals surface area contributed by atoms with Gasteiger partial charge in [0, 0.05) is 0 Å². The standard InChI is InChI=1S/C8H8.Mg.H2O.2H/c1-2-8-6-4-3-5-7-8;;;;/h2-7H,1H2;;1H2;;/q;+2;;2*-1. The minimum atomic E-state index is 0. The number of rotatable bonds is 1. The summed E-state index contributed by atoms with van der Waals surface area (Å²) in [5.41, 5.74) is 1.17. The van der Waals surface area contributed by atoms with Crippen LogP contribution in [0.5, 0.6) is 0 Å². The van der Waals surface area contributed by atoms with Crippen molar-refractivity contribution in [1.82, 2.24) is 0 Å². The molecular weight excluding hydrogens is 136 g/mol. The summed E-state index contributed by atoms with van der Waals surface area (Å²) >= 11 is 0. The first-order chi connectivity index (χ1) is 3.93. The number of hydrogen-bond acceptors (Lipinski definition) is 0. The molecule has 1 rings (SSSR count). The van der Waals surface area contributed by atoms with Gasteiger partial charge in [-0.3, -0.25) is 0 Å². The smallest absolute Gasteiger partial charge is 1.00 e. The van der Waals surface area contributed by atoms with E-state index < -0.39 is 0 Å². The first kappa shape index (κ1) is 12.4. The predicted octanol–water partition coefficient (Wildman–Crippen LogP) is 1.35. The van der Waals surface area contributed by atoms with Crippen molar-refractivity contribution in [2.75, 3.05) is 0 Å². The molecule has 0 spiro atoms. The summed E-state index contributed by atoms with van der Waals surface area (Å²) in [6, 6.07) is 10.0. The van der Waals surface area contributed by atoms with E-state index in [1.165, 1.54) is 5.56 Å². The summed E-state index contributed by atoms with van der Waals surface area (Å²) in [6.07, 6.45) is 1.83. The first-order valence-corrected chi connectivity index (χ1v) is 2.61. The van der Waals surface area contributed by atoms with Gasteiger partial charge >= 0.3 is 23.1 Å². The van der Waals surface area contributed by atoms with E-state index in [1.54, 1.807) is 0 Å². The van der Waals surface area contributed by atoms with Crippen molar-refractivity contribution in [2.45, 2.75) is 0 Å². The molecule has 0 radical (unpaired) electrons. The molecule has 0 aliphatic heterocycles. The minimum absolute atomic E-state index is 0. The maximum absolute atomic E-state index is 3.63. The molecule has 0 unspecified atom stereocenters. The van der Waals surface area contributed by atoms with Gasteiger partial charge in [-0.2, -0.15) is 0 Å². The molecule has 52 valence electrons. The van der Waals surface area contributed by atoms with Crippen molar-refractivity contribution in [1.29, 1.82) is 0 Å². The van der Waals surface area contributed by atoms with E-state index in [0.29, 0.717) is 0 Å². The van der Waals surface area contributed by atoms with Gasteiger partial charge in [0.25, 0.3) is 0 Å². The molecule has 0 fully saturated rings. The molecule has 10 heavy (non-hydrogen) atoms. The van der Waals surface area contributed by atoms with Gasteiger partial charge in [0.1, 0.15) is 0 Å². The zero-order chi connectivity index (χ0) is 5.82. The Morgan fingerprint density at radius 1 is 1.20 bits per heavy atom. The van der Waals surface area contributed by atoms with Crippen LogP contribution in [0.15, 0.2) is 36.9 Å². The largest absolute Gasteiger partial charge is 2.00 e. The minimum Gasteiger partial charge on any atom is -1.00 e. The second-order valence-corrected chi connectivity index (χ2v) is 1.61. The zero-order valence-electron chi connectivity index (χ0n) is 7.88. The normalized spacial score (nSPS) is 6.80. The van der Waals surface area contributed by atoms with E-state index in [4.69, 9.17) is 0 Å². The zero-order valence-corrected chi connectivity index (χ0v) is 7.29. The maximum atomic E-state index is 3.63. The second-order valence-electron chi connectivity index (χ2n) is 1.61. The average Bonchev–Trinajstić information content (AvgIpc) is 1.90. The Morgan fingerprint density at radius 3 is 2.00 bits per heavy atom. The predicted molar refractivity (Wildman–Crippen MR) is 48.1 cm³/mol. The maximum Gasteiger partial charge on any atom is 2.00 e. The van der Waals surface area contributed by atoms with Gasteiger partial charge < -0.3 is 8.33 Å². The van der Waals surface area contributed by atoms with Crippen LogP contribution >= 0.6 is 0 Å². The van der Waals surface area contributed by atoms with Crippen molar-refractivity contribution in [3.63, 3.8) is 0 Å². The third kappa shape index (κ3) is 3.66. The Hall–Kier alpha value is -0.314. The van der Waals surface area contributed by atoms with Crippen molar-refractivity contribution in [2.24, 2.45) is 0 Å². The van der Waals surface area contributed by atoms with Crippen molar-refractivity contribution >= 4 is 29.1 Å². The van der Waals surface area contributed by atoms with Crippen LogP contribution in [0, 0.1) is 0 Å². The molecule has 0 amide bonds. The number of benzene rings is 1. The van der Waals surface area contributed by atoms with Gasteiger partial charge in [0.2, 0.25) is 0 Å². The monoisotopic (exact) mass is 148 g/mol. The molecule has 0 saturated heterocycles. The fourth-order valence-corrected chi connectivity index (χ4v) is 0.589. The third-order valence-corrected chi connectivity index (χ3v) is 1.04. The van der Waals surface area contributed by atoms with Crippen LogP contribution in [0.1, 0.15) is 8.42 Å². The molecule has 2 N–H and O–H groups in total. The fourth-order valence-electron chi connectivity index (χ4n) is 0.589. The molecule has 0 bridgehead atoms. The summed E-state index contributed by atoms with van der Waals surface area (Å²) in [4.78, 5) is 0. The van der Waals surface area contributed by atoms with E-state index in [9.17, 15) is 0 Å². The molecule has 0 atom stereocenters. The third-order valence-electron chi connectivity index (χ3n) is 1.04. The summed E-state index contributed by atoms with van der Waals surface area (Å²) in [5, 5.41) is 0. The summed E-state index contributed by atoms with van der Waals surface area (Å²) < 4.78 is 0. The molecular formula is C8H12MgO. The SMILES string of the molecule is C=Cc1ccccc1.O.[H-].[H-].[Mg+2]. The van der Waals surface area contributed by atoms with Crippen LogP contribution in [0.4, 0.5) is 0 Å². The molecule has 1 aromatic carbocycles. The van der Waals surface area contributed by atoms with Crippen molar-refractivity contribution < 1.29 is 8.33 Å². The van der Waals surface area contributed by atoms with Crippen molar-refractivity contribution in [3.8, 4) is 0 Å². The Bertz CT molecular complexity index is 180. The number of hydrogen-bond donors (Lipinski definition) is 0. The molecule has 0 heterocycles. The van der Waals surface area contributed by atoms with Crippen LogP contribution in [-0.2, 0) is 0 Å². The van der Waals surface area contributed by atoms with Gasteiger partial charge in [-0.25, -0.2) is 0 Å². The van der Waals surface area contributed by atoms with E-state index in [2.05, 4.69) is 6.58 Å². The molecule has 1 nitrogen and oxygen atoms in total. The summed E-state index contributed by atoms with van der Waals surface area (Å²) in [6.45, 7) is 3.63. The molecule has 0 saturated carbocycles. The van der Waals surface area contributed by atoms with E-state index in [-0.39, 0.29) is 31.4 Å². The van der Waals surface area contributed by atoms with E-state index in [0.717, 1.165) is 0 Å². The van der Waals surface area contributed by atoms with Crippen molar-refractivity contribution in [3.05, 3.63) is 42.5 Å². The molecule has 0 aromatic heterocycles. The Labute approximate surface area is 80.2 Å². The van der Waals surface area contributed by atoms with Gasteiger partial charge in [-0.1, -0.05) is 43.0 Å². The van der Waals surface area contributed by atoms with Gasteiger partial charge in [-0.15, -0.1) is 0 Å². The van der Waals surface area contributed by atoms with Crippen LogP contribution in [0.25, 0.3) is 6.08 Å². The van der Waals surface area contributed by atoms with Crippen LogP contribution in [-0.4, -0.2) is 28.5 Å².